The first-order chi connectivity index (χ1) is 11.5. The van der Waals surface area contributed by atoms with Crippen molar-refractivity contribution in [1.29, 1.82) is 0 Å². The van der Waals surface area contributed by atoms with Crippen molar-refractivity contribution in [2.24, 2.45) is 0 Å². The number of rotatable bonds is 5. The number of nitrogens with zero attached hydrogens (tertiary/aromatic N) is 1. The van der Waals surface area contributed by atoms with E-state index < -0.39 is 21.8 Å². The Morgan fingerprint density at radius 3 is 2.40 bits per heavy atom. The lowest BCUT2D eigenvalue weighted by Gasteiger charge is -2.13. The van der Waals surface area contributed by atoms with Crippen LogP contribution in [0.2, 0.25) is 0 Å². The second kappa shape index (κ2) is 7.30. The maximum atomic E-state index is 12.7. The molecular formula is C15H15BrF3N3O2S. The minimum Gasteiger partial charge on any atom is -0.339 e. The first kappa shape index (κ1) is 19.7. The van der Waals surface area contributed by atoms with Crippen LogP contribution in [-0.4, -0.2) is 19.4 Å². The fraction of sp³-hybridized carbons (Fsp3) is 0.267. The average molecular weight is 438 g/mol. The molecule has 0 saturated carbocycles. The molecule has 0 saturated heterocycles. The van der Waals surface area contributed by atoms with Crippen LogP contribution in [0.3, 0.4) is 0 Å². The second-order valence-electron chi connectivity index (χ2n) is 5.47. The second-order valence-corrected chi connectivity index (χ2v) is 8.04. The van der Waals surface area contributed by atoms with Gasteiger partial charge in [0, 0.05) is 16.7 Å². The summed E-state index contributed by atoms with van der Waals surface area (Å²) >= 11 is 3.22. The number of anilines is 2. The van der Waals surface area contributed by atoms with Crippen molar-refractivity contribution in [3.63, 3.8) is 0 Å². The van der Waals surface area contributed by atoms with E-state index in [9.17, 15) is 21.6 Å². The van der Waals surface area contributed by atoms with Gasteiger partial charge in [0.05, 0.1) is 16.1 Å². The molecule has 0 aliphatic heterocycles. The van der Waals surface area contributed by atoms with Gasteiger partial charge in [0.1, 0.15) is 5.82 Å². The van der Waals surface area contributed by atoms with Crippen LogP contribution in [0.15, 0.2) is 45.9 Å². The molecule has 25 heavy (non-hydrogen) atoms. The maximum Gasteiger partial charge on any atom is 0.416 e. The third-order valence-electron chi connectivity index (χ3n) is 2.99. The van der Waals surface area contributed by atoms with E-state index >= 15 is 0 Å². The molecular weight excluding hydrogens is 423 g/mol. The van der Waals surface area contributed by atoms with Crippen molar-refractivity contribution in [3.05, 3.63) is 46.6 Å². The minimum absolute atomic E-state index is 0.00793. The van der Waals surface area contributed by atoms with E-state index in [0.717, 1.165) is 18.3 Å². The molecule has 1 heterocycles. The number of benzene rings is 1. The van der Waals surface area contributed by atoms with Gasteiger partial charge in [-0.05, 0) is 60.1 Å². The van der Waals surface area contributed by atoms with Crippen LogP contribution in [0.4, 0.5) is 24.7 Å². The normalized spacial score (nSPS) is 12.4. The first-order valence-electron chi connectivity index (χ1n) is 7.11. The summed E-state index contributed by atoms with van der Waals surface area (Å²) in [4.78, 5) is 3.87. The summed E-state index contributed by atoms with van der Waals surface area (Å²) < 4.78 is 65.3. The van der Waals surface area contributed by atoms with Gasteiger partial charge in [-0.15, -0.1) is 0 Å². The van der Waals surface area contributed by atoms with E-state index in [1.807, 2.05) is 0 Å². The maximum absolute atomic E-state index is 12.7. The van der Waals surface area contributed by atoms with Crippen LogP contribution in [-0.2, 0) is 16.2 Å². The Hall–Kier alpha value is -1.65. The van der Waals surface area contributed by atoms with Crippen molar-refractivity contribution in [1.82, 2.24) is 9.71 Å². The number of aromatic nitrogens is 1. The molecule has 5 nitrogen and oxygen atoms in total. The molecule has 0 unspecified atom stereocenters. The Morgan fingerprint density at radius 1 is 1.16 bits per heavy atom. The van der Waals surface area contributed by atoms with Crippen molar-refractivity contribution in [2.75, 3.05) is 5.32 Å². The molecule has 0 spiro atoms. The molecule has 0 amide bonds. The Labute approximate surface area is 151 Å². The summed E-state index contributed by atoms with van der Waals surface area (Å²) in [5.74, 6) is -0.00793. The summed E-state index contributed by atoms with van der Waals surface area (Å²) in [6, 6.07) is 5.63. The highest BCUT2D eigenvalue weighted by Gasteiger charge is 2.30. The molecule has 0 bridgehead atoms. The zero-order valence-corrected chi connectivity index (χ0v) is 15.6. The van der Waals surface area contributed by atoms with Gasteiger partial charge in [-0.3, -0.25) is 0 Å². The highest BCUT2D eigenvalue weighted by atomic mass is 79.9. The molecule has 2 aromatic rings. The standard InChI is InChI=1S/C15H15BrF3N3O2S/c1-9(2)22-25(23,24)11-3-4-13(12(16)8-11)21-14-7-10(5-6-20-14)15(17,18)19/h3-9,22H,1-2H3,(H,20,21). The highest BCUT2D eigenvalue weighted by molar-refractivity contribution is 9.10. The summed E-state index contributed by atoms with van der Waals surface area (Å²) in [7, 11) is -3.67. The predicted octanol–water partition coefficient (Wildman–Crippen LogP) is 4.29. The van der Waals surface area contributed by atoms with Gasteiger partial charge in [-0.2, -0.15) is 13.2 Å². The van der Waals surface area contributed by atoms with Gasteiger partial charge in [0.15, 0.2) is 0 Å². The van der Waals surface area contributed by atoms with Crippen LogP contribution >= 0.6 is 15.9 Å². The van der Waals surface area contributed by atoms with E-state index in [0.29, 0.717) is 10.2 Å². The SMILES string of the molecule is CC(C)NS(=O)(=O)c1ccc(Nc2cc(C(F)(F)F)ccn2)c(Br)c1. The zero-order valence-electron chi connectivity index (χ0n) is 13.2. The third kappa shape index (κ3) is 5.16. The summed E-state index contributed by atoms with van der Waals surface area (Å²) in [6.07, 6.45) is -3.43. The van der Waals surface area contributed by atoms with E-state index in [-0.39, 0.29) is 16.8 Å². The highest BCUT2D eigenvalue weighted by Crippen LogP contribution is 2.32. The van der Waals surface area contributed by atoms with Gasteiger partial charge in [-0.1, -0.05) is 0 Å². The number of nitrogens with one attached hydrogen (secondary N) is 2. The molecule has 1 aromatic carbocycles. The molecule has 10 heteroatoms. The molecule has 1 aromatic heterocycles. The van der Waals surface area contributed by atoms with Crippen molar-refractivity contribution >= 4 is 37.5 Å². The lowest BCUT2D eigenvalue weighted by Crippen LogP contribution is -2.30. The van der Waals surface area contributed by atoms with E-state index in [2.05, 4.69) is 31.0 Å². The van der Waals surface area contributed by atoms with Crippen molar-refractivity contribution in [2.45, 2.75) is 31.0 Å². The average Bonchev–Trinajstić information content (AvgIpc) is 2.47. The predicted molar refractivity (Wildman–Crippen MR) is 92.1 cm³/mol. The summed E-state index contributed by atoms with van der Waals surface area (Å²) in [5.41, 5.74) is -0.447. The van der Waals surface area contributed by atoms with Gasteiger partial charge in [0.2, 0.25) is 10.0 Å². The van der Waals surface area contributed by atoms with Gasteiger partial charge >= 0.3 is 6.18 Å². The van der Waals surface area contributed by atoms with Crippen LogP contribution in [0.1, 0.15) is 19.4 Å². The lowest BCUT2D eigenvalue weighted by molar-refractivity contribution is -0.137. The number of hydrogen-bond donors (Lipinski definition) is 2. The number of halogens is 4. The lowest BCUT2D eigenvalue weighted by atomic mass is 10.2. The number of sulfonamides is 1. The van der Waals surface area contributed by atoms with E-state index in [1.54, 1.807) is 13.8 Å². The first-order valence-corrected chi connectivity index (χ1v) is 9.39. The molecule has 136 valence electrons. The quantitative estimate of drug-likeness (QED) is 0.731. The number of hydrogen-bond acceptors (Lipinski definition) is 4. The molecule has 2 rings (SSSR count). The molecule has 0 radical (unpaired) electrons. The Kier molecular flexibility index (Phi) is 5.75. The fourth-order valence-electron chi connectivity index (χ4n) is 1.96. The van der Waals surface area contributed by atoms with Gasteiger partial charge in [0.25, 0.3) is 0 Å². The Balaban J connectivity index is 2.28. The molecule has 0 fully saturated rings. The smallest absolute Gasteiger partial charge is 0.339 e. The van der Waals surface area contributed by atoms with Crippen molar-refractivity contribution in [3.8, 4) is 0 Å². The van der Waals surface area contributed by atoms with Crippen LogP contribution in [0.5, 0.6) is 0 Å². The fourth-order valence-corrected chi connectivity index (χ4v) is 3.86. The molecule has 0 aliphatic rings. The molecule has 0 aliphatic carbocycles. The van der Waals surface area contributed by atoms with Gasteiger partial charge in [-0.25, -0.2) is 18.1 Å². The van der Waals surface area contributed by atoms with E-state index in [1.165, 1.54) is 18.2 Å². The third-order valence-corrected chi connectivity index (χ3v) is 5.30. The summed E-state index contributed by atoms with van der Waals surface area (Å²) in [6.45, 7) is 3.39. The minimum atomic E-state index is -4.48. The van der Waals surface area contributed by atoms with Crippen LogP contribution < -0.4 is 10.0 Å². The summed E-state index contributed by atoms with van der Waals surface area (Å²) in [5, 5.41) is 2.73. The molecule has 0 atom stereocenters. The van der Waals surface area contributed by atoms with Crippen LogP contribution in [0, 0.1) is 0 Å². The Bertz CT molecular complexity index is 871. The monoisotopic (exact) mass is 437 g/mol. The topological polar surface area (TPSA) is 71.1 Å². The van der Waals surface area contributed by atoms with Gasteiger partial charge < -0.3 is 5.32 Å². The van der Waals surface area contributed by atoms with Crippen LogP contribution in [0.25, 0.3) is 0 Å². The number of pyridine rings is 1. The van der Waals surface area contributed by atoms with Crippen molar-refractivity contribution < 1.29 is 21.6 Å². The zero-order chi connectivity index (χ0) is 18.8. The van der Waals surface area contributed by atoms with E-state index in [4.69, 9.17) is 0 Å². The Morgan fingerprint density at radius 2 is 1.84 bits per heavy atom. The number of alkyl halides is 3. The molecule has 2 N–H and O–H groups in total. The largest absolute Gasteiger partial charge is 0.416 e.